The summed E-state index contributed by atoms with van der Waals surface area (Å²) in [6, 6.07) is 7.87. The molecule has 1 nitrogen and oxygen atoms in total. The summed E-state index contributed by atoms with van der Waals surface area (Å²) >= 11 is 5.11. The summed E-state index contributed by atoms with van der Waals surface area (Å²) in [5, 5.41) is 0. The van der Waals surface area contributed by atoms with E-state index in [1.54, 1.807) is 11.8 Å². The lowest BCUT2D eigenvalue weighted by atomic mass is 10.1. The van der Waals surface area contributed by atoms with Gasteiger partial charge in [0.1, 0.15) is 5.78 Å². The number of carbonyl (C=O) groups is 1. The lowest BCUT2D eigenvalue weighted by Gasteiger charge is -2.02. The number of ketones is 1. The van der Waals surface area contributed by atoms with Gasteiger partial charge < -0.3 is 0 Å². The van der Waals surface area contributed by atoms with Crippen LogP contribution in [0.1, 0.15) is 12.5 Å². The first-order valence-corrected chi connectivity index (χ1v) is 6.51. The Morgan fingerprint density at radius 2 is 2.14 bits per heavy atom. The molecule has 1 aromatic rings. The summed E-state index contributed by atoms with van der Waals surface area (Å²) < 4.78 is 1.02. The van der Waals surface area contributed by atoms with Crippen LogP contribution in [-0.2, 0) is 11.2 Å². The average Bonchev–Trinajstić information content (AvgIpc) is 2.18. The smallest absolute Gasteiger partial charge is 0.147 e. The van der Waals surface area contributed by atoms with Gasteiger partial charge in [-0.25, -0.2) is 0 Å². The van der Waals surface area contributed by atoms with Crippen molar-refractivity contribution >= 4 is 33.5 Å². The molecule has 0 saturated heterocycles. The van der Waals surface area contributed by atoms with Crippen molar-refractivity contribution in [3.05, 3.63) is 34.3 Å². The van der Waals surface area contributed by atoms with Crippen molar-refractivity contribution in [2.45, 2.75) is 13.3 Å². The van der Waals surface area contributed by atoms with Gasteiger partial charge in [0.2, 0.25) is 0 Å². The quantitative estimate of drug-likeness (QED) is 0.818. The summed E-state index contributed by atoms with van der Waals surface area (Å²) in [6.07, 6.45) is 0.536. The highest BCUT2D eigenvalue weighted by atomic mass is 79.9. The Labute approximate surface area is 97.4 Å². The van der Waals surface area contributed by atoms with Crippen LogP contribution in [0.5, 0.6) is 0 Å². The second kappa shape index (κ2) is 6.25. The highest BCUT2D eigenvalue weighted by Gasteiger charge is 2.05. The van der Waals surface area contributed by atoms with Crippen molar-refractivity contribution < 1.29 is 4.79 Å². The zero-order valence-corrected chi connectivity index (χ0v) is 10.5. The minimum atomic E-state index is 0.295. The first-order chi connectivity index (χ1) is 6.74. The molecule has 0 saturated carbocycles. The summed E-state index contributed by atoms with van der Waals surface area (Å²) in [6.45, 7) is 2.07. The first-order valence-electron chi connectivity index (χ1n) is 4.57. The minimum absolute atomic E-state index is 0.295. The van der Waals surface area contributed by atoms with Crippen molar-refractivity contribution in [3.8, 4) is 0 Å². The number of rotatable bonds is 5. The Hall–Kier alpha value is -0.280. The van der Waals surface area contributed by atoms with E-state index in [0.717, 1.165) is 15.8 Å². The fourth-order valence-corrected chi connectivity index (χ4v) is 2.08. The van der Waals surface area contributed by atoms with E-state index in [1.165, 1.54) is 0 Å². The third kappa shape index (κ3) is 3.84. The van der Waals surface area contributed by atoms with E-state index >= 15 is 0 Å². The van der Waals surface area contributed by atoms with Gasteiger partial charge >= 0.3 is 0 Å². The van der Waals surface area contributed by atoms with Crippen LogP contribution in [-0.4, -0.2) is 17.3 Å². The van der Waals surface area contributed by atoms with Gasteiger partial charge in [0.05, 0.1) is 5.75 Å². The van der Waals surface area contributed by atoms with Gasteiger partial charge in [-0.1, -0.05) is 41.1 Å². The number of hydrogen-bond donors (Lipinski definition) is 0. The molecule has 14 heavy (non-hydrogen) atoms. The molecule has 3 heteroatoms. The number of Topliss-reactive ketones (excluding diaryl/α,β-unsaturated/α-hetero) is 1. The Kier molecular flexibility index (Phi) is 5.26. The Morgan fingerprint density at radius 3 is 2.79 bits per heavy atom. The molecular weight excluding hydrogens is 260 g/mol. The molecule has 0 heterocycles. The molecule has 1 aromatic carbocycles. The molecule has 1 rings (SSSR count). The van der Waals surface area contributed by atoms with Crippen molar-refractivity contribution in [1.29, 1.82) is 0 Å². The Morgan fingerprint density at radius 1 is 1.43 bits per heavy atom. The molecule has 0 aliphatic rings. The van der Waals surface area contributed by atoms with Gasteiger partial charge in [-0.3, -0.25) is 4.79 Å². The van der Waals surface area contributed by atoms with Gasteiger partial charge in [-0.05, 0) is 17.4 Å². The highest BCUT2D eigenvalue weighted by Crippen LogP contribution is 2.17. The monoisotopic (exact) mass is 272 g/mol. The predicted octanol–water partition coefficient (Wildman–Crippen LogP) is 3.31. The lowest BCUT2D eigenvalue weighted by Crippen LogP contribution is -2.06. The SMILES string of the molecule is CCSCC(=O)Cc1ccccc1Br. The van der Waals surface area contributed by atoms with Crippen LogP contribution in [0, 0.1) is 0 Å². The van der Waals surface area contributed by atoms with E-state index in [4.69, 9.17) is 0 Å². The molecule has 0 fully saturated rings. The maximum absolute atomic E-state index is 11.5. The van der Waals surface area contributed by atoms with Crippen LogP contribution in [0.3, 0.4) is 0 Å². The van der Waals surface area contributed by atoms with Crippen molar-refractivity contribution in [2.75, 3.05) is 11.5 Å². The predicted molar refractivity (Wildman–Crippen MR) is 65.9 cm³/mol. The summed E-state index contributed by atoms with van der Waals surface area (Å²) in [5.74, 6) is 1.92. The van der Waals surface area contributed by atoms with E-state index in [0.29, 0.717) is 18.0 Å². The maximum atomic E-state index is 11.5. The molecular formula is C11H13BrOS. The second-order valence-electron chi connectivity index (χ2n) is 2.94. The molecule has 0 radical (unpaired) electrons. The third-order valence-corrected chi connectivity index (χ3v) is 3.52. The van der Waals surface area contributed by atoms with E-state index < -0.39 is 0 Å². The number of hydrogen-bond acceptors (Lipinski definition) is 2. The van der Waals surface area contributed by atoms with Crippen LogP contribution < -0.4 is 0 Å². The Balaban J connectivity index is 2.52. The number of halogens is 1. The molecule has 0 N–H and O–H groups in total. The van der Waals surface area contributed by atoms with Crippen molar-refractivity contribution in [2.24, 2.45) is 0 Å². The van der Waals surface area contributed by atoms with Gasteiger partial charge in [0, 0.05) is 10.9 Å². The van der Waals surface area contributed by atoms with Crippen molar-refractivity contribution in [1.82, 2.24) is 0 Å². The third-order valence-electron chi connectivity index (χ3n) is 1.81. The highest BCUT2D eigenvalue weighted by molar-refractivity contribution is 9.10. The number of carbonyl (C=O) groups excluding carboxylic acids is 1. The zero-order chi connectivity index (χ0) is 10.4. The summed E-state index contributed by atoms with van der Waals surface area (Å²) in [4.78, 5) is 11.5. The second-order valence-corrected chi connectivity index (χ2v) is 5.07. The van der Waals surface area contributed by atoms with Gasteiger partial charge in [-0.2, -0.15) is 11.8 Å². The van der Waals surface area contributed by atoms with Crippen LogP contribution in [0.2, 0.25) is 0 Å². The first kappa shape index (κ1) is 11.8. The van der Waals surface area contributed by atoms with E-state index in [2.05, 4.69) is 22.9 Å². The van der Waals surface area contributed by atoms with Crippen LogP contribution in [0.25, 0.3) is 0 Å². The maximum Gasteiger partial charge on any atom is 0.147 e. The Bertz CT molecular complexity index is 312. The topological polar surface area (TPSA) is 17.1 Å². The molecule has 0 spiro atoms. The van der Waals surface area contributed by atoms with E-state index in [9.17, 15) is 4.79 Å². The normalized spacial score (nSPS) is 10.1. The fourth-order valence-electron chi connectivity index (χ4n) is 1.12. The summed E-state index contributed by atoms with van der Waals surface area (Å²) in [7, 11) is 0. The molecule has 0 bridgehead atoms. The molecule has 0 unspecified atom stereocenters. The van der Waals surface area contributed by atoms with Crippen molar-refractivity contribution in [3.63, 3.8) is 0 Å². The fraction of sp³-hybridized carbons (Fsp3) is 0.364. The minimum Gasteiger partial charge on any atom is -0.298 e. The van der Waals surface area contributed by atoms with Crippen LogP contribution in [0.15, 0.2) is 28.7 Å². The van der Waals surface area contributed by atoms with E-state index in [1.807, 2.05) is 24.3 Å². The molecule has 0 atom stereocenters. The van der Waals surface area contributed by atoms with E-state index in [-0.39, 0.29) is 0 Å². The summed E-state index contributed by atoms with van der Waals surface area (Å²) in [5.41, 5.74) is 1.08. The largest absolute Gasteiger partial charge is 0.298 e. The molecule has 0 aromatic heterocycles. The standard InChI is InChI=1S/C11H13BrOS/c1-2-14-8-10(13)7-9-5-3-4-6-11(9)12/h3-6H,2,7-8H2,1H3. The van der Waals surface area contributed by atoms with Crippen LogP contribution in [0.4, 0.5) is 0 Å². The number of thioether (sulfide) groups is 1. The van der Waals surface area contributed by atoms with Gasteiger partial charge in [0.15, 0.2) is 0 Å². The molecule has 0 amide bonds. The number of benzene rings is 1. The van der Waals surface area contributed by atoms with Crippen LogP contribution >= 0.6 is 27.7 Å². The lowest BCUT2D eigenvalue weighted by molar-refractivity contribution is -0.116. The molecule has 0 aliphatic carbocycles. The molecule has 0 aliphatic heterocycles. The zero-order valence-electron chi connectivity index (χ0n) is 8.13. The van der Waals surface area contributed by atoms with Gasteiger partial charge in [-0.15, -0.1) is 0 Å². The van der Waals surface area contributed by atoms with Gasteiger partial charge in [0.25, 0.3) is 0 Å². The molecule has 76 valence electrons. The average molecular weight is 273 g/mol.